The third-order valence-corrected chi connectivity index (χ3v) is 7.48. The minimum Gasteiger partial charge on any atom is -0.355 e. The quantitative estimate of drug-likeness (QED) is 0.839. The highest BCUT2D eigenvalue weighted by atomic mass is 16.2. The molecule has 7 heteroatoms. The normalized spacial score (nSPS) is 25.7. The van der Waals surface area contributed by atoms with Crippen molar-refractivity contribution in [2.24, 2.45) is 11.8 Å². The van der Waals surface area contributed by atoms with Gasteiger partial charge in [0.2, 0.25) is 5.91 Å². The Kier molecular flexibility index (Phi) is 5.61. The number of aromatic nitrogens is 4. The third-order valence-electron chi connectivity index (χ3n) is 7.48. The van der Waals surface area contributed by atoms with E-state index in [1.165, 1.54) is 38.5 Å². The topological polar surface area (TPSA) is 75.9 Å². The Morgan fingerprint density at radius 2 is 1.83 bits per heavy atom. The van der Waals surface area contributed by atoms with Crippen LogP contribution in [0.2, 0.25) is 0 Å². The number of fused-ring (bicyclic) bond motifs is 3. The number of hydrogen-bond acceptors (Lipinski definition) is 5. The predicted molar refractivity (Wildman–Crippen MR) is 117 cm³/mol. The number of aryl methyl sites for hydroxylation is 2. The second kappa shape index (κ2) is 8.52. The molecule has 4 heterocycles. The number of nitrogens with zero attached hydrogens (tertiary/aromatic N) is 5. The monoisotopic (exact) mass is 410 g/mol. The molecule has 3 aliphatic rings. The molecule has 1 aliphatic carbocycles. The molecular weight excluding hydrogens is 376 g/mol. The number of carbonyl (C=O) groups is 1. The van der Waals surface area contributed by atoms with Crippen LogP contribution in [0.5, 0.6) is 0 Å². The van der Waals surface area contributed by atoms with Crippen molar-refractivity contribution in [3.8, 4) is 0 Å². The summed E-state index contributed by atoms with van der Waals surface area (Å²) in [4.78, 5) is 29.3. The minimum atomic E-state index is 0.117. The van der Waals surface area contributed by atoms with E-state index in [1.807, 2.05) is 0 Å². The number of rotatable bonds is 3. The Labute approximate surface area is 178 Å². The molecule has 30 heavy (non-hydrogen) atoms. The predicted octanol–water partition coefficient (Wildman–Crippen LogP) is 3.46. The van der Waals surface area contributed by atoms with Gasteiger partial charge in [-0.15, -0.1) is 0 Å². The van der Waals surface area contributed by atoms with Crippen LogP contribution in [0.3, 0.4) is 0 Å². The fourth-order valence-electron chi connectivity index (χ4n) is 5.54. The average Bonchev–Trinajstić information content (AvgIpc) is 2.96. The van der Waals surface area contributed by atoms with E-state index >= 15 is 0 Å². The highest BCUT2D eigenvalue weighted by molar-refractivity contribution is 5.84. The van der Waals surface area contributed by atoms with Gasteiger partial charge in [-0.05, 0) is 44.4 Å². The number of imidazole rings is 1. The van der Waals surface area contributed by atoms with Gasteiger partial charge < -0.3 is 14.8 Å². The minimum absolute atomic E-state index is 0.117. The van der Waals surface area contributed by atoms with Crippen LogP contribution in [0, 0.1) is 11.8 Å². The first-order valence-corrected chi connectivity index (χ1v) is 12.0. The number of hydrogen-bond donors (Lipinski definition) is 1. The van der Waals surface area contributed by atoms with Gasteiger partial charge in [0.15, 0.2) is 17.0 Å². The lowest BCUT2D eigenvalue weighted by atomic mass is 9.85. The molecule has 0 radical (unpaired) electrons. The number of nitrogens with one attached hydrogen (secondary N) is 1. The first kappa shape index (κ1) is 19.8. The van der Waals surface area contributed by atoms with Crippen LogP contribution in [0.4, 0.5) is 5.82 Å². The van der Waals surface area contributed by atoms with E-state index in [2.05, 4.69) is 31.7 Å². The molecule has 2 aromatic rings. The molecule has 2 fully saturated rings. The molecule has 0 spiro atoms. The van der Waals surface area contributed by atoms with E-state index in [0.717, 1.165) is 68.1 Å². The molecule has 1 saturated heterocycles. The SMILES string of the molecule is C[C@H]1CCCC[C@H]1NC(=O)C1CCN(c2ncnc3c2nc2n3CCCCC2)CC1. The van der Waals surface area contributed by atoms with Gasteiger partial charge in [0.25, 0.3) is 0 Å². The molecule has 0 unspecified atom stereocenters. The number of carbonyl (C=O) groups excluding carboxylic acids is 1. The Morgan fingerprint density at radius 3 is 2.67 bits per heavy atom. The Balaban J connectivity index is 1.26. The Morgan fingerprint density at radius 1 is 1.00 bits per heavy atom. The first-order valence-electron chi connectivity index (χ1n) is 12.0. The summed E-state index contributed by atoms with van der Waals surface area (Å²) in [6, 6.07) is 0.367. The smallest absolute Gasteiger partial charge is 0.223 e. The van der Waals surface area contributed by atoms with Gasteiger partial charge in [-0.25, -0.2) is 15.0 Å². The molecule has 0 bridgehead atoms. The van der Waals surface area contributed by atoms with Crippen molar-refractivity contribution >= 4 is 22.9 Å². The van der Waals surface area contributed by atoms with Gasteiger partial charge >= 0.3 is 0 Å². The van der Waals surface area contributed by atoms with Crippen LogP contribution < -0.4 is 10.2 Å². The molecule has 2 aromatic heterocycles. The molecular formula is C23H34N6O. The first-order chi connectivity index (χ1) is 14.7. The summed E-state index contributed by atoms with van der Waals surface area (Å²) in [5.74, 6) is 3.08. The van der Waals surface area contributed by atoms with E-state index < -0.39 is 0 Å². The van der Waals surface area contributed by atoms with Crippen molar-refractivity contribution in [2.75, 3.05) is 18.0 Å². The van der Waals surface area contributed by atoms with Crippen LogP contribution in [0.1, 0.15) is 70.5 Å². The lowest BCUT2D eigenvalue weighted by molar-refractivity contribution is -0.126. The van der Waals surface area contributed by atoms with Gasteiger partial charge in [-0.3, -0.25) is 4.79 Å². The van der Waals surface area contributed by atoms with E-state index in [1.54, 1.807) is 6.33 Å². The second-order valence-electron chi connectivity index (χ2n) is 9.50. The van der Waals surface area contributed by atoms with Gasteiger partial charge in [-0.2, -0.15) is 0 Å². The maximum absolute atomic E-state index is 12.9. The summed E-state index contributed by atoms with van der Waals surface area (Å²) in [6.45, 7) is 4.99. The summed E-state index contributed by atoms with van der Waals surface area (Å²) in [6.07, 6.45) is 13.0. The molecule has 7 nitrogen and oxygen atoms in total. The number of piperidine rings is 1. The summed E-state index contributed by atoms with van der Waals surface area (Å²) >= 11 is 0. The summed E-state index contributed by atoms with van der Waals surface area (Å²) in [7, 11) is 0. The zero-order valence-corrected chi connectivity index (χ0v) is 18.1. The molecule has 2 aliphatic heterocycles. The van der Waals surface area contributed by atoms with Gasteiger partial charge in [-0.1, -0.05) is 26.2 Å². The summed E-state index contributed by atoms with van der Waals surface area (Å²) < 4.78 is 2.29. The zero-order chi connectivity index (χ0) is 20.5. The van der Waals surface area contributed by atoms with Crippen molar-refractivity contribution in [3.05, 3.63) is 12.2 Å². The van der Waals surface area contributed by atoms with Crippen molar-refractivity contribution in [1.29, 1.82) is 0 Å². The standard InChI is InChI=1S/C23H34N6O/c1-16-7-4-5-8-18(16)26-23(30)17-10-13-28(14-11-17)21-20-22(25-15-24-21)29-12-6-2-3-9-19(29)27-20/h15-18H,2-14H2,1H3,(H,26,30)/t16-,18+/m0/s1. The van der Waals surface area contributed by atoms with Crippen molar-refractivity contribution in [3.63, 3.8) is 0 Å². The molecule has 0 aromatic carbocycles. The third kappa shape index (κ3) is 3.79. The van der Waals surface area contributed by atoms with E-state index in [9.17, 15) is 4.79 Å². The molecule has 162 valence electrons. The van der Waals surface area contributed by atoms with Crippen LogP contribution in [0.25, 0.3) is 11.2 Å². The fourth-order valence-corrected chi connectivity index (χ4v) is 5.54. The molecule has 1 saturated carbocycles. The lowest BCUT2D eigenvalue weighted by Gasteiger charge is -2.34. The van der Waals surface area contributed by atoms with Crippen molar-refractivity contribution in [2.45, 2.75) is 83.7 Å². The summed E-state index contributed by atoms with van der Waals surface area (Å²) in [5, 5.41) is 3.36. The van der Waals surface area contributed by atoms with Crippen LogP contribution in [0.15, 0.2) is 6.33 Å². The summed E-state index contributed by atoms with van der Waals surface area (Å²) in [5.41, 5.74) is 1.91. The maximum atomic E-state index is 12.9. The van der Waals surface area contributed by atoms with Crippen LogP contribution >= 0.6 is 0 Å². The van der Waals surface area contributed by atoms with Crippen LogP contribution in [-0.4, -0.2) is 44.6 Å². The van der Waals surface area contributed by atoms with E-state index in [-0.39, 0.29) is 11.8 Å². The van der Waals surface area contributed by atoms with Gasteiger partial charge in [0.05, 0.1) is 0 Å². The van der Waals surface area contributed by atoms with E-state index in [0.29, 0.717) is 12.0 Å². The highest BCUT2D eigenvalue weighted by Gasteiger charge is 2.30. The lowest BCUT2D eigenvalue weighted by Crippen LogP contribution is -2.46. The second-order valence-corrected chi connectivity index (χ2v) is 9.50. The van der Waals surface area contributed by atoms with Crippen molar-refractivity contribution < 1.29 is 4.79 Å². The van der Waals surface area contributed by atoms with Gasteiger partial charge in [0, 0.05) is 38.0 Å². The zero-order valence-electron chi connectivity index (χ0n) is 18.1. The highest BCUT2D eigenvalue weighted by Crippen LogP contribution is 2.30. The molecule has 2 atom stereocenters. The largest absolute Gasteiger partial charge is 0.355 e. The molecule has 5 rings (SSSR count). The Bertz CT molecular complexity index is 900. The van der Waals surface area contributed by atoms with Crippen LogP contribution in [-0.2, 0) is 17.8 Å². The molecule has 1 N–H and O–H groups in total. The maximum Gasteiger partial charge on any atom is 0.223 e. The Hall–Kier alpha value is -2.18. The van der Waals surface area contributed by atoms with E-state index in [4.69, 9.17) is 4.98 Å². The van der Waals surface area contributed by atoms with Gasteiger partial charge in [0.1, 0.15) is 12.2 Å². The number of anilines is 1. The average molecular weight is 411 g/mol. The fraction of sp³-hybridized carbons (Fsp3) is 0.739. The van der Waals surface area contributed by atoms with Crippen molar-refractivity contribution in [1.82, 2.24) is 24.8 Å². The number of amides is 1. The molecule has 1 amide bonds.